The summed E-state index contributed by atoms with van der Waals surface area (Å²) in [4.78, 5) is 11.6. The van der Waals surface area contributed by atoms with Gasteiger partial charge in [0.15, 0.2) is 0 Å². The number of hydrogen-bond donors (Lipinski definition) is 1. The summed E-state index contributed by atoms with van der Waals surface area (Å²) in [7, 11) is 0. The Morgan fingerprint density at radius 1 is 1.29 bits per heavy atom. The third-order valence-corrected chi connectivity index (χ3v) is 4.42. The highest BCUT2D eigenvalue weighted by Gasteiger charge is 2.20. The Labute approximate surface area is 129 Å². The highest BCUT2D eigenvalue weighted by atomic mass is 15.2. The average Bonchev–Trinajstić information content (AvgIpc) is 2.70. The molecule has 0 amide bonds. The van der Waals surface area contributed by atoms with E-state index in [1.54, 1.807) is 0 Å². The number of nitrogens with one attached hydrogen (secondary N) is 1. The maximum atomic E-state index is 4.65. The lowest BCUT2D eigenvalue weighted by molar-refractivity contribution is 0.351. The second-order valence-electron chi connectivity index (χ2n) is 6.51. The van der Waals surface area contributed by atoms with Gasteiger partial charge in [-0.1, -0.05) is 20.8 Å². The van der Waals surface area contributed by atoms with Crippen molar-refractivity contribution in [1.29, 1.82) is 0 Å². The van der Waals surface area contributed by atoms with Crippen LogP contribution in [0.5, 0.6) is 0 Å². The van der Waals surface area contributed by atoms with Crippen molar-refractivity contribution < 1.29 is 0 Å². The van der Waals surface area contributed by atoms with Gasteiger partial charge in [-0.05, 0) is 44.4 Å². The van der Waals surface area contributed by atoms with Crippen LogP contribution < -0.4 is 10.2 Å². The summed E-state index contributed by atoms with van der Waals surface area (Å²) in [5.74, 6) is 4.56. The predicted octanol–water partition coefficient (Wildman–Crippen LogP) is 3.87. The second kappa shape index (κ2) is 7.62. The van der Waals surface area contributed by atoms with Crippen LogP contribution in [0.15, 0.2) is 6.07 Å². The van der Waals surface area contributed by atoms with E-state index < -0.39 is 0 Å². The van der Waals surface area contributed by atoms with E-state index in [4.69, 9.17) is 0 Å². The molecule has 21 heavy (non-hydrogen) atoms. The molecule has 0 radical (unpaired) electrons. The van der Waals surface area contributed by atoms with Gasteiger partial charge in [-0.25, -0.2) is 9.97 Å². The monoisotopic (exact) mass is 290 g/mol. The van der Waals surface area contributed by atoms with Gasteiger partial charge in [0.05, 0.1) is 0 Å². The molecule has 2 rings (SSSR count). The quantitative estimate of drug-likeness (QED) is 0.893. The van der Waals surface area contributed by atoms with Crippen molar-refractivity contribution in [3.63, 3.8) is 0 Å². The van der Waals surface area contributed by atoms with Crippen LogP contribution in [0, 0.1) is 18.8 Å². The van der Waals surface area contributed by atoms with Crippen molar-refractivity contribution in [2.24, 2.45) is 11.8 Å². The molecule has 1 fully saturated rings. The molecule has 1 aliphatic rings. The van der Waals surface area contributed by atoms with Crippen LogP contribution in [-0.4, -0.2) is 29.6 Å². The van der Waals surface area contributed by atoms with Crippen molar-refractivity contribution in [1.82, 2.24) is 9.97 Å². The molecule has 0 spiro atoms. The Morgan fingerprint density at radius 2 is 2.10 bits per heavy atom. The molecular weight excluding hydrogens is 260 g/mol. The molecule has 1 atom stereocenters. The fourth-order valence-corrected chi connectivity index (χ4v) is 3.08. The number of nitrogens with zero attached hydrogens (tertiary/aromatic N) is 3. The molecule has 1 unspecified atom stereocenters. The third-order valence-electron chi connectivity index (χ3n) is 4.42. The summed E-state index contributed by atoms with van der Waals surface area (Å²) in [6.07, 6.45) is 5.00. The van der Waals surface area contributed by atoms with Crippen molar-refractivity contribution in [3.8, 4) is 0 Å². The molecule has 0 bridgehead atoms. The zero-order valence-electron chi connectivity index (χ0n) is 14.0. The minimum Gasteiger partial charge on any atom is -0.370 e. The van der Waals surface area contributed by atoms with E-state index in [1.165, 1.54) is 19.3 Å². The van der Waals surface area contributed by atoms with Gasteiger partial charge in [0.25, 0.3) is 0 Å². The maximum absolute atomic E-state index is 4.65. The molecule has 1 aliphatic heterocycles. The lowest BCUT2D eigenvalue weighted by atomic mass is 9.89. The Bertz CT molecular complexity index is 444. The van der Waals surface area contributed by atoms with E-state index in [2.05, 4.69) is 47.0 Å². The van der Waals surface area contributed by atoms with Gasteiger partial charge in [0.2, 0.25) is 0 Å². The molecular formula is C17H30N4. The van der Waals surface area contributed by atoms with E-state index in [1.807, 2.05) is 6.92 Å². The summed E-state index contributed by atoms with van der Waals surface area (Å²) in [6.45, 7) is 12.0. The van der Waals surface area contributed by atoms with E-state index >= 15 is 0 Å². The normalized spacial score (nSPS) is 19.7. The van der Waals surface area contributed by atoms with Crippen LogP contribution in [-0.2, 0) is 0 Å². The van der Waals surface area contributed by atoms with Crippen LogP contribution in [0.3, 0.4) is 0 Å². The summed E-state index contributed by atoms with van der Waals surface area (Å²) >= 11 is 0. The molecule has 2 heterocycles. The summed E-state index contributed by atoms with van der Waals surface area (Å²) in [6, 6.07) is 2.11. The smallest absolute Gasteiger partial charge is 0.134 e. The van der Waals surface area contributed by atoms with Crippen molar-refractivity contribution in [2.45, 2.75) is 53.4 Å². The Balaban J connectivity index is 2.08. The predicted molar refractivity (Wildman–Crippen MR) is 89.9 cm³/mol. The summed E-state index contributed by atoms with van der Waals surface area (Å²) < 4.78 is 0. The molecule has 1 N–H and O–H groups in total. The Kier molecular flexibility index (Phi) is 5.83. The van der Waals surface area contributed by atoms with Crippen LogP contribution >= 0.6 is 0 Å². The Hall–Kier alpha value is -1.32. The lowest BCUT2D eigenvalue weighted by Gasteiger charge is -2.23. The van der Waals surface area contributed by atoms with E-state index in [9.17, 15) is 0 Å². The minimum absolute atomic E-state index is 0.791. The van der Waals surface area contributed by atoms with Crippen molar-refractivity contribution in [2.75, 3.05) is 29.9 Å². The fourth-order valence-electron chi connectivity index (χ4n) is 3.08. The molecule has 4 heteroatoms. The number of anilines is 2. The number of hydrogen-bond acceptors (Lipinski definition) is 4. The highest BCUT2D eigenvalue weighted by Crippen LogP contribution is 2.27. The standard InChI is InChI=1S/C17H30N4/c1-5-9-18-16-12-17(20-14(4)19-16)21-10-6-7-15(8-11-21)13(2)3/h12-13,15H,5-11H2,1-4H3,(H,18,19,20). The highest BCUT2D eigenvalue weighted by molar-refractivity contribution is 5.49. The number of aryl methyl sites for hydroxylation is 1. The summed E-state index contributed by atoms with van der Waals surface area (Å²) in [5.41, 5.74) is 0. The van der Waals surface area contributed by atoms with Gasteiger partial charge in [-0.2, -0.15) is 0 Å². The first kappa shape index (κ1) is 16.1. The second-order valence-corrected chi connectivity index (χ2v) is 6.51. The van der Waals surface area contributed by atoms with Gasteiger partial charge in [0, 0.05) is 25.7 Å². The molecule has 118 valence electrons. The van der Waals surface area contributed by atoms with Gasteiger partial charge in [0.1, 0.15) is 17.5 Å². The van der Waals surface area contributed by atoms with Crippen molar-refractivity contribution >= 4 is 11.6 Å². The zero-order valence-corrected chi connectivity index (χ0v) is 14.0. The lowest BCUT2D eigenvalue weighted by Crippen LogP contribution is -2.26. The first-order valence-electron chi connectivity index (χ1n) is 8.44. The van der Waals surface area contributed by atoms with Crippen LogP contribution in [0.2, 0.25) is 0 Å². The van der Waals surface area contributed by atoms with Crippen LogP contribution in [0.1, 0.15) is 52.3 Å². The minimum atomic E-state index is 0.791. The van der Waals surface area contributed by atoms with Crippen LogP contribution in [0.4, 0.5) is 11.6 Å². The molecule has 1 aromatic rings. The third kappa shape index (κ3) is 4.58. The molecule has 0 saturated carbocycles. The van der Waals surface area contributed by atoms with Gasteiger partial charge < -0.3 is 10.2 Å². The first-order valence-corrected chi connectivity index (χ1v) is 8.44. The largest absolute Gasteiger partial charge is 0.370 e. The first-order chi connectivity index (χ1) is 10.1. The molecule has 1 saturated heterocycles. The number of rotatable bonds is 5. The SMILES string of the molecule is CCCNc1cc(N2CCCC(C(C)C)CC2)nc(C)n1. The molecule has 1 aromatic heterocycles. The van der Waals surface area contributed by atoms with Crippen LogP contribution in [0.25, 0.3) is 0 Å². The van der Waals surface area contributed by atoms with Gasteiger partial charge in [-0.15, -0.1) is 0 Å². The average molecular weight is 290 g/mol. The van der Waals surface area contributed by atoms with Crippen molar-refractivity contribution in [3.05, 3.63) is 11.9 Å². The summed E-state index contributed by atoms with van der Waals surface area (Å²) in [5, 5.41) is 3.38. The zero-order chi connectivity index (χ0) is 15.2. The van der Waals surface area contributed by atoms with E-state index in [0.717, 1.165) is 55.4 Å². The van der Waals surface area contributed by atoms with Gasteiger partial charge in [-0.3, -0.25) is 0 Å². The molecule has 0 aliphatic carbocycles. The molecule has 4 nitrogen and oxygen atoms in total. The van der Waals surface area contributed by atoms with E-state index in [0.29, 0.717) is 0 Å². The fraction of sp³-hybridized carbons (Fsp3) is 0.765. The maximum Gasteiger partial charge on any atom is 0.134 e. The molecule has 0 aromatic carbocycles. The topological polar surface area (TPSA) is 41.0 Å². The Morgan fingerprint density at radius 3 is 2.81 bits per heavy atom. The van der Waals surface area contributed by atoms with Gasteiger partial charge >= 0.3 is 0 Å². The number of aromatic nitrogens is 2. The van der Waals surface area contributed by atoms with E-state index in [-0.39, 0.29) is 0 Å².